The van der Waals surface area contributed by atoms with Crippen LogP contribution in [0.15, 0.2) is 0 Å². The molecule has 122 valence electrons. The molecule has 7 heteroatoms. The van der Waals surface area contributed by atoms with Gasteiger partial charge in [0.2, 0.25) is 0 Å². The molecule has 2 N–H and O–H groups in total. The maximum atomic E-state index is 11.8. The Morgan fingerprint density at radius 3 is 2.62 bits per heavy atom. The standard InChI is InChI=1S/C14H26N2O5/c1-10-5-6-16(20-9-10)8-11(7-12(17)18)15-13(19)21-14(2,3)4/h10-11H,5-9H2,1-4H3,(H,15,19)(H,17,18)/t10-,11-/m0/s1. The molecule has 21 heavy (non-hydrogen) atoms. The number of ether oxygens (including phenoxy) is 1. The summed E-state index contributed by atoms with van der Waals surface area (Å²) in [5.74, 6) is -0.473. The van der Waals surface area contributed by atoms with Crippen LogP contribution in [0.1, 0.15) is 40.5 Å². The molecule has 1 aliphatic heterocycles. The third-order valence-corrected chi connectivity index (χ3v) is 2.98. The van der Waals surface area contributed by atoms with E-state index in [-0.39, 0.29) is 6.42 Å². The highest BCUT2D eigenvalue weighted by Crippen LogP contribution is 2.14. The van der Waals surface area contributed by atoms with E-state index in [2.05, 4.69) is 12.2 Å². The average Bonchev–Trinajstić information content (AvgIpc) is 2.28. The summed E-state index contributed by atoms with van der Waals surface area (Å²) >= 11 is 0. The normalized spacial score (nSPS) is 21.6. The molecule has 1 aliphatic rings. The molecule has 0 spiro atoms. The number of aliphatic carboxylic acids is 1. The lowest BCUT2D eigenvalue weighted by Gasteiger charge is -2.32. The summed E-state index contributed by atoms with van der Waals surface area (Å²) in [4.78, 5) is 28.2. The van der Waals surface area contributed by atoms with Crippen molar-refractivity contribution in [2.45, 2.75) is 52.2 Å². The van der Waals surface area contributed by atoms with Crippen LogP contribution in [0.3, 0.4) is 0 Å². The molecule has 0 aromatic carbocycles. The van der Waals surface area contributed by atoms with Gasteiger partial charge in [-0.25, -0.2) is 4.79 Å². The van der Waals surface area contributed by atoms with Crippen LogP contribution in [0.2, 0.25) is 0 Å². The lowest BCUT2D eigenvalue weighted by atomic mass is 10.1. The average molecular weight is 302 g/mol. The van der Waals surface area contributed by atoms with E-state index < -0.39 is 23.7 Å². The summed E-state index contributed by atoms with van der Waals surface area (Å²) in [5.41, 5.74) is -0.616. The van der Waals surface area contributed by atoms with E-state index in [0.717, 1.165) is 13.0 Å². The number of alkyl carbamates (subject to hydrolysis) is 1. The van der Waals surface area contributed by atoms with Crippen molar-refractivity contribution >= 4 is 12.1 Å². The van der Waals surface area contributed by atoms with Crippen molar-refractivity contribution in [3.63, 3.8) is 0 Å². The van der Waals surface area contributed by atoms with Gasteiger partial charge in [0.05, 0.1) is 19.1 Å². The number of hydrogen-bond donors (Lipinski definition) is 2. The second-order valence-electron chi connectivity index (χ2n) is 6.52. The Balaban J connectivity index is 2.51. The number of carbonyl (C=O) groups is 2. The van der Waals surface area contributed by atoms with Gasteiger partial charge in [0.1, 0.15) is 5.60 Å². The van der Waals surface area contributed by atoms with Crippen LogP contribution in [-0.2, 0) is 14.4 Å². The molecule has 2 atom stereocenters. The van der Waals surface area contributed by atoms with Gasteiger partial charge >= 0.3 is 12.1 Å². The topological polar surface area (TPSA) is 88.1 Å². The molecule has 7 nitrogen and oxygen atoms in total. The van der Waals surface area contributed by atoms with Gasteiger partial charge in [-0.1, -0.05) is 6.92 Å². The van der Waals surface area contributed by atoms with Crippen molar-refractivity contribution in [2.24, 2.45) is 5.92 Å². The molecule has 1 rings (SSSR count). The Hall–Kier alpha value is -1.34. The minimum atomic E-state index is -0.971. The first-order chi connectivity index (χ1) is 9.65. The molecule has 0 radical (unpaired) electrons. The zero-order valence-electron chi connectivity index (χ0n) is 13.2. The SMILES string of the molecule is C[C@H]1CCN(C[C@H](CC(=O)O)NC(=O)OC(C)(C)C)OC1. The number of nitrogens with one attached hydrogen (secondary N) is 1. The lowest BCUT2D eigenvalue weighted by molar-refractivity contribution is -0.198. The molecule has 0 saturated carbocycles. The number of carboxylic acids is 1. The zero-order valence-corrected chi connectivity index (χ0v) is 13.2. The van der Waals surface area contributed by atoms with Crippen LogP contribution >= 0.6 is 0 Å². The second-order valence-corrected chi connectivity index (χ2v) is 6.52. The number of nitrogens with zero attached hydrogens (tertiary/aromatic N) is 1. The van der Waals surface area contributed by atoms with Crippen LogP contribution in [-0.4, -0.2) is 53.6 Å². The zero-order chi connectivity index (χ0) is 16.0. The predicted molar refractivity (Wildman–Crippen MR) is 76.7 cm³/mol. The molecular weight excluding hydrogens is 276 g/mol. The van der Waals surface area contributed by atoms with Crippen molar-refractivity contribution in [1.29, 1.82) is 0 Å². The maximum Gasteiger partial charge on any atom is 0.407 e. The highest BCUT2D eigenvalue weighted by molar-refractivity contribution is 5.71. The third-order valence-electron chi connectivity index (χ3n) is 2.98. The molecule has 1 fully saturated rings. The number of amides is 1. The Bertz CT molecular complexity index is 359. The van der Waals surface area contributed by atoms with E-state index in [1.807, 2.05) is 0 Å². The summed E-state index contributed by atoms with van der Waals surface area (Å²) in [6.07, 6.45) is 0.208. The maximum absolute atomic E-state index is 11.8. The first-order valence-electron chi connectivity index (χ1n) is 7.25. The van der Waals surface area contributed by atoms with Gasteiger partial charge in [-0.3, -0.25) is 9.63 Å². The summed E-state index contributed by atoms with van der Waals surface area (Å²) < 4.78 is 5.15. The van der Waals surface area contributed by atoms with Crippen LogP contribution < -0.4 is 5.32 Å². The van der Waals surface area contributed by atoms with E-state index >= 15 is 0 Å². The summed E-state index contributed by atoms with van der Waals surface area (Å²) in [6.45, 7) is 9.05. The molecule has 0 aliphatic carbocycles. The summed E-state index contributed by atoms with van der Waals surface area (Å²) in [7, 11) is 0. The van der Waals surface area contributed by atoms with Crippen LogP contribution in [0.5, 0.6) is 0 Å². The molecule has 0 unspecified atom stereocenters. The fraction of sp³-hybridized carbons (Fsp3) is 0.857. The number of carbonyl (C=O) groups excluding carboxylic acids is 1. The van der Waals surface area contributed by atoms with Crippen molar-refractivity contribution in [3.8, 4) is 0 Å². The van der Waals surface area contributed by atoms with Gasteiger partial charge in [0.25, 0.3) is 0 Å². The molecule has 1 amide bonds. The number of carboxylic acid groups (broad SMARTS) is 1. The molecule has 1 heterocycles. The first kappa shape index (κ1) is 17.7. The van der Waals surface area contributed by atoms with Crippen molar-refractivity contribution < 1.29 is 24.3 Å². The molecule has 0 aromatic rings. The van der Waals surface area contributed by atoms with E-state index in [0.29, 0.717) is 19.1 Å². The highest BCUT2D eigenvalue weighted by atomic mass is 16.7. The van der Waals surface area contributed by atoms with Crippen molar-refractivity contribution in [2.75, 3.05) is 19.7 Å². The monoisotopic (exact) mass is 302 g/mol. The molecular formula is C14H26N2O5. The van der Waals surface area contributed by atoms with Crippen molar-refractivity contribution in [3.05, 3.63) is 0 Å². The lowest BCUT2D eigenvalue weighted by Crippen LogP contribution is -2.48. The molecule has 0 aromatic heterocycles. The highest BCUT2D eigenvalue weighted by Gasteiger charge is 2.25. The predicted octanol–water partition coefficient (Wildman–Crippen LogP) is 1.63. The minimum Gasteiger partial charge on any atom is -0.481 e. The summed E-state index contributed by atoms with van der Waals surface area (Å²) in [6, 6.07) is -0.550. The van der Waals surface area contributed by atoms with E-state index in [4.69, 9.17) is 14.7 Å². The Kier molecular flexibility index (Phi) is 6.42. The largest absolute Gasteiger partial charge is 0.481 e. The van der Waals surface area contributed by atoms with Gasteiger partial charge in [-0.2, -0.15) is 5.06 Å². The molecule has 1 saturated heterocycles. The fourth-order valence-corrected chi connectivity index (χ4v) is 1.98. The minimum absolute atomic E-state index is 0.172. The Morgan fingerprint density at radius 1 is 1.48 bits per heavy atom. The van der Waals surface area contributed by atoms with Crippen LogP contribution in [0, 0.1) is 5.92 Å². The van der Waals surface area contributed by atoms with E-state index in [1.165, 1.54) is 0 Å². The number of rotatable bonds is 5. The third kappa shape index (κ3) is 7.87. The fourth-order valence-electron chi connectivity index (χ4n) is 1.98. The van der Waals surface area contributed by atoms with Gasteiger partial charge < -0.3 is 15.2 Å². The Morgan fingerprint density at radius 2 is 2.14 bits per heavy atom. The first-order valence-corrected chi connectivity index (χ1v) is 7.25. The smallest absolute Gasteiger partial charge is 0.407 e. The van der Waals surface area contributed by atoms with Gasteiger partial charge in [-0.05, 0) is 33.1 Å². The van der Waals surface area contributed by atoms with Gasteiger partial charge in [0.15, 0.2) is 0 Å². The quantitative estimate of drug-likeness (QED) is 0.802. The van der Waals surface area contributed by atoms with E-state index in [9.17, 15) is 9.59 Å². The van der Waals surface area contributed by atoms with E-state index in [1.54, 1.807) is 25.8 Å². The van der Waals surface area contributed by atoms with Gasteiger partial charge in [-0.15, -0.1) is 0 Å². The van der Waals surface area contributed by atoms with Crippen LogP contribution in [0.25, 0.3) is 0 Å². The summed E-state index contributed by atoms with van der Waals surface area (Å²) in [5, 5.41) is 13.3. The molecule has 0 bridgehead atoms. The van der Waals surface area contributed by atoms with Gasteiger partial charge in [0, 0.05) is 13.1 Å². The number of hydrogen-bond acceptors (Lipinski definition) is 5. The second kappa shape index (κ2) is 7.61. The van der Waals surface area contributed by atoms with Crippen LogP contribution in [0.4, 0.5) is 4.79 Å². The Labute approximate surface area is 125 Å². The number of hydroxylamine groups is 2. The van der Waals surface area contributed by atoms with Crippen molar-refractivity contribution in [1.82, 2.24) is 10.4 Å².